The molecule has 2 unspecified atom stereocenters. The number of aromatic nitrogens is 2. The van der Waals surface area contributed by atoms with E-state index in [0.29, 0.717) is 5.92 Å². The Labute approximate surface area is 190 Å². The van der Waals surface area contributed by atoms with Gasteiger partial charge in [-0.1, -0.05) is 30.3 Å². The lowest BCUT2D eigenvalue weighted by molar-refractivity contribution is -0.137. The van der Waals surface area contributed by atoms with Crippen molar-refractivity contribution in [2.24, 2.45) is 5.92 Å². The smallest absolute Gasteiger partial charge is 0.324 e. The Kier molecular flexibility index (Phi) is 6.20. The van der Waals surface area contributed by atoms with Gasteiger partial charge in [0.25, 0.3) is 0 Å². The van der Waals surface area contributed by atoms with Crippen LogP contribution in [0, 0.1) is 5.92 Å². The minimum atomic E-state index is -4.52. The molecule has 1 N–H and O–H groups in total. The Balaban J connectivity index is 1.56. The molecule has 4 rings (SSSR count). The standard InChI is InChI=1S/C21H19ClF3N3OS2/c1-10-3-5-13-16(7-10)31-20-17(13)19(26-9-27-20)30-11(2)18(29)28-15-8-12(21(23,24)25)4-6-14(15)22/h4,6,8-11H,3,5,7H2,1-2H3,(H,28,29). The number of anilines is 1. The average Bonchev–Trinajstić information content (AvgIpc) is 3.07. The summed E-state index contributed by atoms with van der Waals surface area (Å²) in [6.45, 7) is 3.93. The Morgan fingerprint density at radius 3 is 2.87 bits per heavy atom. The largest absolute Gasteiger partial charge is 0.416 e. The number of amides is 1. The first-order valence-electron chi connectivity index (χ1n) is 9.73. The molecule has 1 amide bonds. The van der Waals surface area contributed by atoms with E-state index in [1.165, 1.54) is 28.5 Å². The van der Waals surface area contributed by atoms with Crippen molar-refractivity contribution in [3.05, 3.63) is 45.6 Å². The number of hydrogen-bond donors (Lipinski definition) is 1. The first-order valence-corrected chi connectivity index (χ1v) is 11.8. The number of benzene rings is 1. The van der Waals surface area contributed by atoms with E-state index in [1.807, 2.05) is 0 Å². The number of carbonyl (C=O) groups excluding carboxylic acids is 1. The maximum absolute atomic E-state index is 13.0. The molecule has 164 valence electrons. The quantitative estimate of drug-likeness (QED) is 0.334. The van der Waals surface area contributed by atoms with Gasteiger partial charge < -0.3 is 5.32 Å². The van der Waals surface area contributed by atoms with E-state index in [9.17, 15) is 18.0 Å². The van der Waals surface area contributed by atoms with Crippen molar-refractivity contribution in [2.75, 3.05) is 5.32 Å². The van der Waals surface area contributed by atoms with Crippen LogP contribution in [0.1, 0.15) is 36.3 Å². The molecule has 4 nitrogen and oxygen atoms in total. The van der Waals surface area contributed by atoms with Crippen molar-refractivity contribution < 1.29 is 18.0 Å². The van der Waals surface area contributed by atoms with Crippen molar-refractivity contribution in [1.82, 2.24) is 9.97 Å². The molecule has 1 aliphatic rings. The van der Waals surface area contributed by atoms with E-state index in [1.54, 1.807) is 18.3 Å². The lowest BCUT2D eigenvalue weighted by atomic mass is 9.89. The van der Waals surface area contributed by atoms with Crippen LogP contribution in [-0.2, 0) is 23.8 Å². The molecule has 0 saturated carbocycles. The highest BCUT2D eigenvalue weighted by atomic mass is 35.5. The number of hydrogen-bond acceptors (Lipinski definition) is 5. The van der Waals surface area contributed by atoms with E-state index in [-0.39, 0.29) is 10.7 Å². The van der Waals surface area contributed by atoms with E-state index in [4.69, 9.17) is 11.6 Å². The molecule has 2 heterocycles. The van der Waals surface area contributed by atoms with Crippen LogP contribution in [0.5, 0.6) is 0 Å². The van der Waals surface area contributed by atoms with Gasteiger partial charge in [-0.15, -0.1) is 11.3 Å². The van der Waals surface area contributed by atoms with Gasteiger partial charge >= 0.3 is 6.18 Å². The number of thioether (sulfide) groups is 1. The van der Waals surface area contributed by atoms with Gasteiger partial charge in [0.2, 0.25) is 5.91 Å². The summed E-state index contributed by atoms with van der Waals surface area (Å²) >= 11 is 8.95. The van der Waals surface area contributed by atoms with E-state index in [0.717, 1.165) is 52.7 Å². The fourth-order valence-electron chi connectivity index (χ4n) is 3.59. The van der Waals surface area contributed by atoms with E-state index in [2.05, 4.69) is 22.2 Å². The number of nitrogens with zero attached hydrogens (tertiary/aromatic N) is 2. The third kappa shape index (κ3) is 4.68. The molecule has 10 heteroatoms. The lowest BCUT2D eigenvalue weighted by Gasteiger charge is -2.18. The molecule has 0 radical (unpaired) electrons. The molecule has 31 heavy (non-hydrogen) atoms. The number of nitrogens with one attached hydrogen (secondary N) is 1. The highest BCUT2D eigenvalue weighted by Crippen LogP contribution is 2.41. The summed E-state index contributed by atoms with van der Waals surface area (Å²) in [6.07, 6.45) is 0.0429. The van der Waals surface area contributed by atoms with Crippen LogP contribution >= 0.6 is 34.7 Å². The first kappa shape index (κ1) is 22.4. The summed E-state index contributed by atoms with van der Waals surface area (Å²) in [5, 5.41) is 3.68. The molecular formula is C21H19ClF3N3OS2. The molecule has 2 atom stereocenters. The predicted molar refractivity (Wildman–Crippen MR) is 119 cm³/mol. The number of thiophene rings is 1. The zero-order chi connectivity index (χ0) is 22.3. The molecule has 0 fully saturated rings. The molecule has 1 aliphatic carbocycles. The highest BCUT2D eigenvalue weighted by Gasteiger charge is 2.31. The van der Waals surface area contributed by atoms with Crippen LogP contribution in [0.4, 0.5) is 18.9 Å². The van der Waals surface area contributed by atoms with Gasteiger partial charge in [-0.25, -0.2) is 9.97 Å². The van der Waals surface area contributed by atoms with Gasteiger partial charge in [0.1, 0.15) is 16.2 Å². The Morgan fingerprint density at radius 2 is 2.13 bits per heavy atom. The van der Waals surface area contributed by atoms with Gasteiger partial charge in [0.15, 0.2) is 0 Å². The Bertz CT molecular complexity index is 1150. The third-order valence-electron chi connectivity index (χ3n) is 5.27. The second-order valence-corrected chi connectivity index (χ2v) is 10.5. The SMILES string of the molecule is CC1CCc2c(sc3ncnc(SC(C)C(=O)Nc4cc(C(F)(F)F)ccc4Cl)c23)C1. The second kappa shape index (κ2) is 8.60. The van der Waals surface area contributed by atoms with Gasteiger partial charge in [0, 0.05) is 10.3 Å². The summed E-state index contributed by atoms with van der Waals surface area (Å²) < 4.78 is 39.0. The summed E-state index contributed by atoms with van der Waals surface area (Å²) in [4.78, 5) is 23.8. The second-order valence-electron chi connectivity index (χ2n) is 7.65. The van der Waals surface area contributed by atoms with Crippen LogP contribution < -0.4 is 5.32 Å². The number of fused-ring (bicyclic) bond motifs is 3. The summed E-state index contributed by atoms with van der Waals surface area (Å²) in [5.41, 5.74) is 0.322. The fourth-order valence-corrected chi connectivity index (χ4v) is 6.11. The first-order chi connectivity index (χ1) is 14.6. The summed E-state index contributed by atoms with van der Waals surface area (Å²) in [6, 6.07) is 2.86. The minimum absolute atomic E-state index is 0.0454. The van der Waals surface area contributed by atoms with Crippen molar-refractivity contribution in [3.8, 4) is 0 Å². The molecule has 2 aromatic heterocycles. The van der Waals surface area contributed by atoms with Crippen LogP contribution in [-0.4, -0.2) is 21.1 Å². The van der Waals surface area contributed by atoms with Crippen LogP contribution in [0.25, 0.3) is 10.2 Å². The van der Waals surface area contributed by atoms with Crippen LogP contribution in [0.2, 0.25) is 5.02 Å². The van der Waals surface area contributed by atoms with Gasteiger partial charge in [-0.3, -0.25) is 4.79 Å². The fraction of sp³-hybridized carbons (Fsp3) is 0.381. The topological polar surface area (TPSA) is 54.9 Å². The number of carbonyl (C=O) groups is 1. The molecular weight excluding hydrogens is 467 g/mol. The van der Waals surface area contributed by atoms with Gasteiger partial charge in [-0.05, 0) is 55.9 Å². The molecule has 3 aromatic rings. The normalized spacial score (nSPS) is 17.4. The molecule has 1 aromatic carbocycles. The molecule has 0 bridgehead atoms. The predicted octanol–water partition coefficient (Wildman–Crippen LogP) is 6.61. The maximum Gasteiger partial charge on any atom is 0.416 e. The zero-order valence-electron chi connectivity index (χ0n) is 16.7. The van der Waals surface area contributed by atoms with Gasteiger partial charge in [0.05, 0.1) is 21.5 Å². The molecule has 0 spiro atoms. The van der Waals surface area contributed by atoms with Gasteiger partial charge in [-0.2, -0.15) is 13.2 Å². The van der Waals surface area contributed by atoms with Crippen molar-refractivity contribution in [2.45, 2.75) is 49.6 Å². The Hall–Kier alpha value is -1.84. The maximum atomic E-state index is 13.0. The van der Waals surface area contributed by atoms with Crippen molar-refractivity contribution >= 4 is 56.5 Å². The monoisotopic (exact) mass is 485 g/mol. The minimum Gasteiger partial charge on any atom is -0.324 e. The third-order valence-corrected chi connectivity index (χ3v) is 7.86. The number of aryl methyl sites for hydroxylation is 1. The zero-order valence-corrected chi connectivity index (χ0v) is 19.1. The number of rotatable bonds is 4. The van der Waals surface area contributed by atoms with E-state index < -0.39 is 22.9 Å². The van der Waals surface area contributed by atoms with Crippen molar-refractivity contribution in [3.63, 3.8) is 0 Å². The number of alkyl halides is 3. The summed E-state index contributed by atoms with van der Waals surface area (Å²) in [7, 11) is 0. The lowest BCUT2D eigenvalue weighted by Crippen LogP contribution is -2.23. The van der Waals surface area contributed by atoms with Crippen molar-refractivity contribution in [1.29, 1.82) is 0 Å². The molecule has 0 saturated heterocycles. The highest BCUT2D eigenvalue weighted by molar-refractivity contribution is 8.00. The summed E-state index contributed by atoms with van der Waals surface area (Å²) in [5.74, 6) is 0.183. The number of halogens is 4. The average molecular weight is 486 g/mol. The van der Waals surface area contributed by atoms with Crippen LogP contribution in [0.15, 0.2) is 29.6 Å². The molecule has 0 aliphatic heterocycles. The van der Waals surface area contributed by atoms with E-state index >= 15 is 0 Å². The van der Waals surface area contributed by atoms with Crippen LogP contribution in [0.3, 0.4) is 0 Å². The Morgan fingerprint density at radius 1 is 1.35 bits per heavy atom.